The third-order valence-corrected chi connectivity index (χ3v) is 3.83. The van der Waals surface area contributed by atoms with Crippen molar-refractivity contribution in [1.82, 2.24) is 9.80 Å². The third kappa shape index (κ3) is 5.71. The molecule has 0 radical (unpaired) electrons. The molecule has 0 aromatic heterocycles. The maximum Gasteiger partial charge on any atom is 0.401 e. The van der Waals surface area contributed by atoms with Gasteiger partial charge in [0, 0.05) is 25.2 Å². The van der Waals surface area contributed by atoms with Crippen LogP contribution >= 0.6 is 0 Å². The summed E-state index contributed by atoms with van der Waals surface area (Å²) < 4.78 is 64.0. The van der Waals surface area contributed by atoms with Crippen molar-refractivity contribution in [1.29, 1.82) is 0 Å². The maximum atomic E-state index is 13.6. The van der Waals surface area contributed by atoms with Crippen molar-refractivity contribution in [2.24, 2.45) is 0 Å². The molecular formula is C15H19F5N2O. The summed E-state index contributed by atoms with van der Waals surface area (Å²) in [5.41, 5.74) is -0.138. The zero-order valence-electron chi connectivity index (χ0n) is 12.5. The van der Waals surface area contributed by atoms with E-state index in [1.807, 2.05) is 0 Å². The second-order valence-corrected chi connectivity index (χ2v) is 5.73. The summed E-state index contributed by atoms with van der Waals surface area (Å²) in [4.78, 5) is 3.08. The highest BCUT2D eigenvalue weighted by Crippen LogP contribution is 2.21. The summed E-state index contributed by atoms with van der Waals surface area (Å²) >= 11 is 0. The first-order valence-corrected chi connectivity index (χ1v) is 7.39. The Hall–Kier alpha value is -1.25. The largest absolute Gasteiger partial charge is 0.401 e. The highest BCUT2D eigenvalue weighted by molar-refractivity contribution is 5.21. The van der Waals surface area contributed by atoms with Gasteiger partial charge in [-0.05, 0) is 37.7 Å². The molecule has 23 heavy (non-hydrogen) atoms. The number of aliphatic hydroxyl groups is 1. The fraction of sp³-hybridized carbons (Fsp3) is 0.600. The zero-order valence-corrected chi connectivity index (χ0v) is 12.5. The molecule has 1 N–H and O–H groups in total. The lowest BCUT2D eigenvalue weighted by atomic mass is 10.1. The van der Waals surface area contributed by atoms with Crippen molar-refractivity contribution in [3.63, 3.8) is 0 Å². The fourth-order valence-corrected chi connectivity index (χ4v) is 2.73. The van der Waals surface area contributed by atoms with Gasteiger partial charge >= 0.3 is 6.18 Å². The molecule has 8 heteroatoms. The topological polar surface area (TPSA) is 26.7 Å². The van der Waals surface area contributed by atoms with E-state index in [-0.39, 0.29) is 18.7 Å². The molecule has 1 fully saturated rings. The molecule has 0 bridgehead atoms. The predicted octanol–water partition coefficient (Wildman–Crippen LogP) is 2.57. The highest BCUT2D eigenvalue weighted by atomic mass is 19.4. The van der Waals surface area contributed by atoms with Crippen LogP contribution in [0.25, 0.3) is 0 Å². The number of hydrogen-bond acceptors (Lipinski definition) is 3. The van der Waals surface area contributed by atoms with Crippen molar-refractivity contribution < 1.29 is 27.1 Å². The normalized spacial score (nSPS) is 19.6. The molecule has 2 rings (SSSR count). The average Bonchev–Trinajstić information content (AvgIpc) is 2.65. The molecule has 1 unspecified atom stereocenters. The smallest absolute Gasteiger partial charge is 0.387 e. The van der Waals surface area contributed by atoms with E-state index in [4.69, 9.17) is 0 Å². The summed E-state index contributed by atoms with van der Waals surface area (Å²) in [5, 5.41) is 10.1. The summed E-state index contributed by atoms with van der Waals surface area (Å²) in [5.74, 6) is -1.35. The highest BCUT2D eigenvalue weighted by Gasteiger charge is 2.31. The van der Waals surface area contributed by atoms with Crippen LogP contribution in [0, 0.1) is 11.6 Å². The maximum absolute atomic E-state index is 13.6. The summed E-state index contributed by atoms with van der Waals surface area (Å²) in [6.45, 7) is 0.479. The van der Waals surface area contributed by atoms with Gasteiger partial charge in [0.1, 0.15) is 11.6 Å². The quantitative estimate of drug-likeness (QED) is 0.855. The lowest BCUT2D eigenvalue weighted by Crippen LogP contribution is -2.38. The molecule has 1 aromatic carbocycles. The molecule has 0 aliphatic carbocycles. The van der Waals surface area contributed by atoms with Gasteiger partial charge in [0.2, 0.25) is 0 Å². The second kappa shape index (κ2) is 7.55. The zero-order chi connectivity index (χ0) is 17.0. The van der Waals surface area contributed by atoms with Gasteiger partial charge < -0.3 is 5.11 Å². The molecule has 130 valence electrons. The Morgan fingerprint density at radius 1 is 1.04 bits per heavy atom. The lowest BCUT2D eigenvalue weighted by Gasteiger charge is -2.24. The SMILES string of the molecule is OC(CN1CCCN(CC(F)(F)F)CC1)c1cc(F)ccc1F. The molecular weight excluding hydrogens is 319 g/mol. The van der Waals surface area contributed by atoms with Crippen molar-refractivity contribution in [3.05, 3.63) is 35.4 Å². The van der Waals surface area contributed by atoms with E-state index in [0.717, 1.165) is 18.2 Å². The molecule has 1 aliphatic rings. The number of aliphatic hydroxyl groups excluding tert-OH is 1. The minimum atomic E-state index is -4.24. The van der Waals surface area contributed by atoms with Gasteiger partial charge in [-0.15, -0.1) is 0 Å². The number of benzene rings is 1. The van der Waals surface area contributed by atoms with E-state index in [9.17, 15) is 27.1 Å². The standard InChI is InChI=1S/C15H19F5N2O/c16-11-2-3-13(17)12(8-11)14(23)9-21-4-1-5-22(7-6-21)10-15(18,19)20/h2-3,8,14,23H,1,4-7,9-10H2. The third-order valence-electron chi connectivity index (χ3n) is 3.83. The summed E-state index contributed by atoms with van der Waals surface area (Å²) in [6, 6.07) is 2.85. The van der Waals surface area contributed by atoms with Gasteiger partial charge in [-0.3, -0.25) is 9.80 Å². The van der Waals surface area contributed by atoms with Crippen LogP contribution in [0.15, 0.2) is 18.2 Å². The predicted molar refractivity (Wildman–Crippen MR) is 74.9 cm³/mol. The van der Waals surface area contributed by atoms with Crippen molar-refractivity contribution in [2.75, 3.05) is 39.3 Å². The van der Waals surface area contributed by atoms with Crippen LogP contribution in [0.4, 0.5) is 22.0 Å². The Balaban J connectivity index is 1.92. The van der Waals surface area contributed by atoms with Crippen LogP contribution in [-0.4, -0.2) is 60.4 Å². The van der Waals surface area contributed by atoms with Crippen LogP contribution in [-0.2, 0) is 0 Å². The number of rotatable bonds is 4. The molecule has 0 amide bonds. The number of nitrogens with zero attached hydrogens (tertiary/aromatic N) is 2. The van der Waals surface area contributed by atoms with Crippen LogP contribution in [0.5, 0.6) is 0 Å². The average molecular weight is 338 g/mol. The van der Waals surface area contributed by atoms with Crippen molar-refractivity contribution in [2.45, 2.75) is 18.7 Å². The van der Waals surface area contributed by atoms with Gasteiger partial charge in [0.25, 0.3) is 0 Å². The Labute approximate surface area is 131 Å². The van der Waals surface area contributed by atoms with Crippen LogP contribution < -0.4 is 0 Å². The van der Waals surface area contributed by atoms with Crippen molar-refractivity contribution >= 4 is 0 Å². The van der Waals surface area contributed by atoms with E-state index >= 15 is 0 Å². The molecule has 1 aromatic rings. The van der Waals surface area contributed by atoms with Gasteiger partial charge in [0.15, 0.2) is 0 Å². The fourth-order valence-electron chi connectivity index (χ4n) is 2.73. The monoisotopic (exact) mass is 338 g/mol. The first-order chi connectivity index (χ1) is 10.7. The first kappa shape index (κ1) is 18.1. The minimum absolute atomic E-state index is 0.0558. The molecule has 1 saturated heterocycles. The van der Waals surface area contributed by atoms with E-state index in [1.165, 1.54) is 4.90 Å². The number of halogens is 5. The van der Waals surface area contributed by atoms with Crippen molar-refractivity contribution in [3.8, 4) is 0 Å². The van der Waals surface area contributed by atoms with Crippen LogP contribution in [0.1, 0.15) is 18.1 Å². The van der Waals surface area contributed by atoms with Gasteiger partial charge in [-0.1, -0.05) is 0 Å². The Morgan fingerprint density at radius 2 is 1.70 bits per heavy atom. The lowest BCUT2D eigenvalue weighted by molar-refractivity contribution is -0.145. The first-order valence-electron chi connectivity index (χ1n) is 7.39. The van der Waals surface area contributed by atoms with Gasteiger partial charge in [-0.2, -0.15) is 13.2 Å². The second-order valence-electron chi connectivity index (χ2n) is 5.73. The molecule has 1 heterocycles. The van der Waals surface area contributed by atoms with E-state index < -0.39 is 30.5 Å². The molecule has 1 aliphatic heterocycles. The Bertz CT molecular complexity index is 523. The number of alkyl halides is 3. The summed E-state index contributed by atoms with van der Waals surface area (Å²) in [6.07, 6.45) is -4.94. The Kier molecular flexibility index (Phi) is 5.94. The van der Waals surface area contributed by atoms with E-state index in [1.54, 1.807) is 4.90 Å². The van der Waals surface area contributed by atoms with E-state index in [0.29, 0.717) is 26.1 Å². The molecule has 0 spiro atoms. The van der Waals surface area contributed by atoms with E-state index in [2.05, 4.69) is 0 Å². The molecule has 1 atom stereocenters. The number of β-amino-alcohol motifs (C(OH)–C–C–N with tert-alkyl or cyclic N) is 1. The number of hydrogen-bond donors (Lipinski definition) is 1. The van der Waals surface area contributed by atoms with Crippen LogP contribution in [0.2, 0.25) is 0 Å². The summed E-state index contributed by atoms with van der Waals surface area (Å²) in [7, 11) is 0. The Morgan fingerprint density at radius 3 is 2.39 bits per heavy atom. The molecule has 0 saturated carbocycles. The minimum Gasteiger partial charge on any atom is -0.387 e. The molecule has 3 nitrogen and oxygen atoms in total. The van der Waals surface area contributed by atoms with Gasteiger partial charge in [-0.25, -0.2) is 8.78 Å². The van der Waals surface area contributed by atoms with Gasteiger partial charge in [0.05, 0.1) is 12.6 Å². The van der Waals surface area contributed by atoms with Crippen LogP contribution in [0.3, 0.4) is 0 Å².